The molecule has 0 radical (unpaired) electrons. The third-order valence-electron chi connectivity index (χ3n) is 4.46. The van der Waals surface area contributed by atoms with Crippen LogP contribution in [0.3, 0.4) is 0 Å². The van der Waals surface area contributed by atoms with Crippen LogP contribution in [0.15, 0.2) is 0 Å². The van der Waals surface area contributed by atoms with Crippen LogP contribution in [0.4, 0.5) is 4.79 Å². The number of rotatable bonds is 1. The second kappa shape index (κ2) is 4.63. The van der Waals surface area contributed by atoms with Gasteiger partial charge in [0.2, 0.25) is 0 Å². The molecule has 5 nitrogen and oxygen atoms in total. The van der Waals surface area contributed by atoms with Crippen LogP contribution < -0.4 is 5.73 Å². The maximum Gasteiger partial charge on any atom is 0.410 e. The number of ether oxygens (including phenoxy) is 1. The molecule has 2 unspecified atom stereocenters. The van der Waals surface area contributed by atoms with Gasteiger partial charge in [-0.3, -0.25) is 0 Å². The highest BCUT2D eigenvalue weighted by Crippen LogP contribution is 2.60. The highest BCUT2D eigenvalue weighted by atomic mass is 16.6. The molecule has 2 rings (SSSR count). The van der Waals surface area contributed by atoms with Gasteiger partial charge in [0.15, 0.2) is 0 Å². The SMILES string of the molecule is CC(C)(C)OC(=O)N1CCCC2(CC1)CC2(N)CO. The van der Waals surface area contributed by atoms with E-state index < -0.39 is 11.1 Å². The van der Waals surface area contributed by atoms with Crippen molar-refractivity contribution in [2.24, 2.45) is 11.1 Å². The van der Waals surface area contributed by atoms with E-state index in [1.54, 1.807) is 4.90 Å². The maximum absolute atomic E-state index is 12.1. The van der Waals surface area contributed by atoms with Crippen LogP contribution in [0.25, 0.3) is 0 Å². The highest BCUT2D eigenvalue weighted by Gasteiger charge is 2.64. The number of hydrogen-bond donors (Lipinski definition) is 2. The van der Waals surface area contributed by atoms with Crippen molar-refractivity contribution < 1.29 is 14.6 Å². The summed E-state index contributed by atoms with van der Waals surface area (Å²) in [5.74, 6) is 0. The van der Waals surface area contributed by atoms with Crippen molar-refractivity contribution in [1.29, 1.82) is 0 Å². The van der Waals surface area contributed by atoms with Gasteiger partial charge in [-0.2, -0.15) is 0 Å². The van der Waals surface area contributed by atoms with Crippen LogP contribution in [0, 0.1) is 5.41 Å². The monoisotopic (exact) mass is 270 g/mol. The predicted octanol–water partition coefficient (Wildman–Crippen LogP) is 1.49. The number of aliphatic hydroxyl groups is 1. The molecule has 2 fully saturated rings. The van der Waals surface area contributed by atoms with Gasteiger partial charge in [-0.15, -0.1) is 0 Å². The summed E-state index contributed by atoms with van der Waals surface area (Å²) in [6.07, 6.45) is 3.42. The number of hydrogen-bond acceptors (Lipinski definition) is 4. The Morgan fingerprint density at radius 1 is 1.37 bits per heavy atom. The summed E-state index contributed by atoms with van der Waals surface area (Å²) in [6.45, 7) is 7.07. The highest BCUT2D eigenvalue weighted by molar-refractivity contribution is 5.68. The summed E-state index contributed by atoms with van der Waals surface area (Å²) >= 11 is 0. The molecule has 1 aliphatic carbocycles. The van der Waals surface area contributed by atoms with Gasteiger partial charge in [0.05, 0.1) is 6.61 Å². The summed E-state index contributed by atoms with van der Waals surface area (Å²) in [5, 5.41) is 9.37. The summed E-state index contributed by atoms with van der Waals surface area (Å²) in [5.41, 5.74) is 5.33. The van der Waals surface area contributed by atoms with Crippen LogP contribution in [-0.2, 0) is 4.74 Å². The second-order valence-electron chi connectivity index (χ2n) is 7.09. The van der Waals surface area contributed by atoms with Gasteiger partial charge < -0.3 is 20.5 Å². The molecule has 19 heavy (non-hydrogen) atoms. The average Bonchev–Trinajstić information content (AvgIpc) is 2.94. The number of nitrogens with zero attached hydrogens (tertiary/aromatic N) is 1. The number of aliphatic hydroxyl groups excluding tert-OH is 1. The molecular formula is C14H26N2O3. The number of amides is 1. The van der Waals surface area contributed by atoms with Gasteiger partial charge in [0, 0.05) is 18.6 Å². The Hall–Kier alpha value is -0.810. The van der Waals surface area contributed by atoms with Crippen molar-refractivity contribution in [2.75, 3.05) is 19.7 Å². The summed E-state index contributed by atoms with van der Waals surface area (Å²) in [6, 6.07) is 0. The second-order valence-corrected chi connectivity index (χ2v) is 7.09. The third-order valence-corrected chi connectivity index (χ3v) is 4.46. The summed E-state index contributed by atoms with van der Waals surface area (Å²) in [7, 11) is 0. The third kappa shape index (κ3) is 2.87. The molecule has 110 valence electrons. The van der Waals surface area contributed by atoms with E-state index in [0.717, 1.165) is 32.2 Å². The first-order valence-corrected chi connectivity index (χ1v) is 7.09. The molecule has 3 N–H and O–H groups in total. The lowest BCUT2D eigenvalue weighted by Gasteiger charge is -2.26. The van der Waals surface area contributed by atoms with E-state index in [9.17, 15) is 9.90 Å². The minimum Gasteiger partial charge on any atom is -0.444 e. The van der Waals surface area contributed by atoms with E-state index in [4.69, 9.17) is 10.5 Å². The lowest BCUT2D eigenvalue weighted by Crippen LogP contribution is -2.38. The zero-order valence-electron chi connectivity index (χ0n) is 12.2. The van der Waals surface area contributed by atoms with E-state index in [-0.39, 0.29) is 18.1 Å². The molecule has 1 spiro atoms. The van der Waals surface area contributed by atoms with E-state index in [1.807, 2.05) is 20.8 Å². The van der Waals surface area contributed by atoms with Gasteiger partial charge in [0.1, 0.15) is 5.60 Å². The lowest BCUT2D eigenvalue weighted by atomic mass is 9.92. The van der Waals surface area contributed by atoms with E-state index in [2.05, 4.69) is 0 Å². The van der Waals surface area contributed by atoms with E-state index in [1.165, 1.54) is 0 Å². The molecule has 2 aliphatic rings. The van der Waals surface area contributed by atoms with Crippen LogP contribution in [0.2, 0.25) is 0 Å². The Kier molecular flexibility index (Phi) is 3.56. The zero-order valence-corrected chi connectivity index (χ0v) is 12.2. The lowest BCUT2D eigenvalue weighted by molar-refractivity contribution is 0.0253. The number of carbonyl (C=O) groups is 1. The molecule has 0 bridgehead atoms. The predicted molar refractivity (Wildman–Crippen MR) is 72.7 cm³/mol. The Labute approximate surface area is 115 Å². The van der Waals surface area contributed by atoms with E-state index >= 15 is 0 Å². The summed E-state index contributed by atoms with van der Waals surface area (Å²) < 4.78 is 5.41. The molecule has 1 heterocycles. The van der Waals surface area contributed by atoms with Crippen molar-refractivity contribution >= 4 is 6.09 Å². The van der Waals surface area contributed by atoms with Gasteiger partial charge in [-0.05, 0) is 51.9 Å². The molecular weight excluding hydrogens is 244 g/mol. The molecule has 5 heteroatoms. The molecule has 0 aromatic rings. The first-order chi connectivity index (χ1) is 8.71. The topological polar surface area (TPSA) is 75.8 Å². The molecule has 1 aliphatic heterocycles. The molecule has 0 aromatic heterocycles. The number of nitrogens with two attached hydrogens (primary N) is 1. The van der Waals surface area contributed by atoms with Gasteiger partial charge >= 0.3 is 6.09 Å². The van der Waals surface area contributed by atoms with Crippen molar-refractivity contribution in [3.8, 4) is 0 Å². The van der Waals surface area contributed by atoms with Crippen molar-refractivity contribution in [3.63, 3.8) is 0 Å². The fourth-order valence-electron chi connectivity index (χ4n) is 3.16. The Balaban J connectivity index is 1.93. The largest absolute Gasteiger partial charge is 0.444 e. The summed E-state index contributed by atoms with van der Waals surface area (Å²) in [4.78, 5) is 13.8. The van der Waals surface area contributed by atoms with Gasteiger partial charge in [-0.1, -0.05) is 0 Å². The zero-order chi connectivity index (χ0) is 14.3. The van der Waals surface area contributed by atoms with Crippen LogP contribution in [0.1, 0.15) is 46.5 Å². The normalized spacial score (nSPS) is 35.1. The first kappa shape index (κ1) is 14.6. The van der Waals surface area contributed by atoms with Crippen LogP contribution >= 0.6 is 0 Å². The fraction of sp³-hybridized carbons (Fsp3) is 0.929. The standard InChI is InChI=1S/C14H26N2O3/c1-12(2,3)19-11(18)16-7-4-5-13(6-8-16)9-14(13,15)10-17/h17H,4-10,15H2,1-3H3. The molecule has 2 atom stereocenters. The smallest absolute Gasteiger partial charge is 0.410 e. The Morgan fingerprint density at radius 3 is 2.58 bits per heavy atom. The van der Waals surface area contributed by atoms with Crippen LogP contribution in [-0.4, -0.2) is 46.9 Å². The first-order valence-electron chi connectivity index (χ1n) is 7.09. The van der Waals surface area contributed by atoms with Gasteiger partial charge in [0.25, 0.3) is 0 Å². The van der Waals surface area contributed by atoms with Crippen molar-refractivity contribution in [1.82, 2.24) is 4.90 Å². The van der Waals surface area contributed by atoms with Gasteiger partial charge in [-0.25, -0.2) is 4.79 Å². The number of carbonyl (C=O) groups excluding carboxylic acids is 1. The average molecular weight is 270 g/mol. The number of likely N-dealkylation sites (tertiary alicyclic amines) is 1. The molecule has 1 saturated heterocycles. The Morgan fingerprint density at radius 2 is 2.05 bits per heavy atom. The molecule has 0 aromatic carbocycles. The minimum absolute atomic E-state index is 0.0402. The fourth-order valence-corrected chi connectivity index (χ4v) is 3.16. The van der Waals surface area contributed by atoms with Crippen LogP contribution in [0.5, 0.6) is 0 Å². The van der Waals surface area contributed by atoms with Crippen molar-refractivity contribution in [2.45, 2.75) is 57.6 Å². The van der Waals surface area contributed by atoms with Crippen molar-refractivity contribution in [3.05, 3.63) is 0 Å². The van der Waals surface area contributed by atoms with E-state index in [0.29, 0.717) is 6.54 Å². The Bertz CT molecular complexity index is 366. The maximum atomic E-state index is 12.1. The molecule has 1 amide bonds. The quantitative estimate of drug-likeness (QED) is 0.757. The molecule has 1 saturated carbocycles. The minimum atomic E-state index is -0.455.